The van der Waals surface area contributed by atoms with Crippen LogP contribution in [-0.2, 0) is 18.3 Å². The Morgan fingerprint density at radius 1 is 1.21 bits per heavy atom. The number of anilines is 1. The molecule has 0 radical (unpaired) electrons. The molecule has 29 heavy (non-hydrogen) atoms. The summed E-state index contributed by atoms with van der Waals surface area (Å²) in [7, 11) is 1.69. The summed E-state index contributed by atoms with van der Waals surface area (Å²) in [5.74, 6) is 0.271. The van der Waals surface area contributed by atoms with Crippen LogP contribution in [0, 0.1) is 13.8 Å². The van der Waals surface area contributed by atoms with Gasteiger partial charge in [-0.1, -0.05) is 6.07 Å². The maximum Gasteiger partial charge on any atom is 0.261 e. The first-order valence-electron chi connectivity index (χ1n) is 8.93. The topological polar surface area (TPSA) is 103 Å². The molecule has 1 amide bonds. The molecule has 0 atom stereocenters. The summed E-state index contributed by atoms with van der Waals surface area (Å²) < 4.78 is 1.52. The van der Waals surface area contributed by atoms with Gasteiger partial charge in [-0.15, -0.1) is 11.3 Å². The molecular weight excluding hydrogens is 388 g/mol. The summed E-state index contributed by atoms with van der Waals surface area (Å²) in [6.45, 7) is 3.81. The van der Waals surface area contributed by atoms with Crippen LogP contribution in [0.2, 0.25) is 0 Å². The van der Waals surface area contributed by atoms with Gasteiger partial charge in [0.25, 0.3) is 5.56 Å². The molecule has 3 aromatic heterocycles. The summed E-state index contributed by atoms with van der Waals surface area (Å²) in [5.41, 5.74) is 2.13. The Kier molecular flexibility index (Phi) is 4.89. The van der Waals surface area contributed by atoms with Crippen LogP contribution in [0.5, 0.6) is 0 Å². The molecule has 0 spiro atoms. The van der Waals surface area contributed by atoms with E-state index in [0.29, 0.717) is 28.1 Å². The highest BCUT2D eigenvalue weighted by molar-refractivity contribution is 7.15. The number of aromatic nitrogens is 5. The van der Waals surface area contributed by atoms with E-state index in [1.165, 1.54) is 22.1 Å². The van der Waals surface area contributed by atoms with Crippen LogP contribution >= 0.6 is 11.3 Å². The molecule has 0 unspecified atom stereocenters. The van der Waals surface area contributed by atoms with E-state index in [1.807, 2.05) is 13.8 Å². The second-order valence-corrected chi connectivity index (χ2v) is 7.77. The Labute approximate surface area is 170 Å². The van der Waals surface area contributed by atoms with Gasteiger partial charge in [-0.25, -0.2) is 9.97 Å². The SMILES string of the molecule is Cc1nc(C)c(-c2nc3c(NC(=O)Cc4cnccn4)cccc3c(=O)n2C)s1. The van der Waals surface area contributed by atoms with Crippen LogP contribution < -0.4 is 10.9 Å². The van der Waals surface area contributed by atoms with Crippen molar-refractivity contribution in [3.8, 4) is 10.7 Å². The van der Waals surface area contributed by atoms with Crippen LogP contribution in [0.25, 0.3) is 21.6 Å². The molecule has 4 aromatic rings. The highest BCUT2D eigenvalue weighted by Gasteiger charge is 2.17. The van der Waals surface area contributed by atoms with Gasteiger partial charge >= 0.3 is 0 Å². The average molecular weight is 406 g/mol. The number of benzene rings is 1. The summed E-state index contributed by atoms with van der Waals surface area (Å²) in [6, 6.07) is 5.17. The van der Waals surface area contributed by atoms with Crippen LogP contribution in [0.3, 0.4) is 0 Å². The smallest absolute Gasteiger partial charge is 0.261 e. The third-order valence-electron chi connectivity index (χ3n) is 4.45. The molecule has 0 saturated carbocycles. The Balaban J connectivity index is 1.78. The van der Waals surface area contributed by atoms with Gasteiger partial charge in [0, 0.05) is 25.6 Å². The van der Waals surface area contributed by atoms with Crippen molar-refractivity contribution in [3.63, 3.8) is 0 Å². The van der Waals surface area contributed by atoms with E-state index < -0.39 is 0 Å². The number of nitrogens with zero attached hydrogens (tertiary/aromatic N) is 5. The number of aryl methyl sites for hydroxylation is 2. The first kappa shape index (κ1) is 18.9. The van der Waals surface area contributed by atoms with Crippen molar-refractivity contribution in [2.75, 3.05) is 5.32 Å². The molecule has 0 aliphatic heterocycles. The summed E-state index contributed by atoms with van der Waals surface area (Å²) in [5, 5.41) is 4.19. The van der Waals surface area contributed by atoms with Crippen molar-refractivity contribution >= 4 is 33.8 Å². The Morgan fingerprint density at radius 3 is 2.72 bits per heavy atom. The van der Waals surface area contributed by atoms with Crippen molar-refractivity contribution in [2.45, 2.75) is 20.3 Å². The maximum atomic E-state index is 12.9. The molecule has 0 aliphatic carbocycles. The number of amides is 1. The van der Waals surface area contributed by atoms with Crippen molar-refractivity contribution in [1.82, 2.24) is 24.5 Å². The summed E-state index contributed by atoms with van der Waals surface area (Å²) in [4.78, 5) is 43.5. The first-order chi connectivity index (χ1) is 13.9. The van der Waals surface area contributed by atoms with E-state index in [9.17, 15) is 9.59 Å². The maximum absolute atomic E-state index is 12.9. The number of thiazole rings is 1. The van der Waals surface area contributed by atoms with Crippen molar-refractivity contribution in [3.05, 3.63) is 63.5 Å². The summed E-state index contributed by atoms with van der Waals surface area (Å²) >= 11 is 1.48. The normalized spacial score (nSPS) is 11.0. The molecule has 9 heteroatoms. The molecule has 4 rings (SSSR count). The van der Waals surface area contributed by atoms with E-state index in [4.69, 9.17) is 4.98 Å². The number of nitrogens with one attached hydrogen (secondary N) is 1. The Hall–Kier alpha value is -3.46. The lowest BCUT2D eigenvalue weighted by Crippen LogP contribution is -2.21. The minimum absolute atomic E-state index is 0.0784. The third-order valence-corrected chi connectivity index (χ3v) is 5.51. The predicted molar refractivity (Wildman–Crippen MR) is 112 cm³/mol. The zero-order chi connectivity index (χ0) is 20.5. The lowest BCUT2D eigenvalue weighted by molar-refractivity contribution is -0.115. The minimum atomic E-state index is -0.258. The van der Waals surface area contributed by atoms with Gasteiger partial charge < -0.3 is 5.32 Å². The van der Waals surface area contributed by atoms with Crippen LogP contribution in [-0.4, -0.2) is 30.4 Å². The number of carbonyl (C=O) groups excluding carboxylic acids is 1. The molecular formula is C20H18N6O2S. The number of hydrogen-bond acceptors (Lipinski definition) is 7. The molecule has 0 saturated heterocycles. The lowest BCUT2D eigenvalue weighted by atomic mass is 10.2. The van der Waals surface area contributed by atoms with Crippen molar-refractivity contribution in [1.29, 1.82) is 0 Å². The van der Waals surface area contributed by atoms with E-state index in [0.717, 1.165) is 15.6 Å². The molecule has 0 bridgehead atoms. The number of para-hydroxylation sites is 1. The van der Waals surface area contributed by atoms with Crippen molar-refractivity contribution in [2.24, 2.45) is 7.05 Å². The monoisotopic (exact) mass is 406 g/mol. The van der Waals surface area contributed by atoms with Crippen LogP contribution in [0.4, 0.5) is 5.69 Å². The minimum Gasteiger partial charge on any atom is -0.324 e. The van der Waals surface area contributed by atoms with Gasteiger partial charge in [-0.2, -0.15) is 0 Å². The average Bonchev–Trinajstić information content (AvgIpc) is 3.03. The second-order valence-electron chi connectivity index (χ2n) is 6.57. The largest absolute Gasteiger partial charge is 0.324 e. The Bertz CT molecular complexity index is 1280. The van der Waals surface area contributed by atoms with E-state index in [1.54, 1.807) is 37.6 Å². The quantitative estimate of drug-likeness (QED) is 0.559. The van der Waals surface area contributed by atoms with Gasteiger partial charge in [0.2, 0.25) is 5.91 Å². The number of carbonyl (C=O) groups is 1. The van der Waals surface area contributed by atoms with E-state index in [2.05, 4.69) is 20.3 Å². The molecule has 3 heterocycles. The first-order valence-corrected chi connectivity index (χ1v) is 9.74. The third kappa shape index (κ3) is 3.64. The van der Waals surface area contributed by atoms with Gasteiger partial charge in [-0.05, 0) is 26.0 Å². The van der Waals surface area contributed by atoms with Crippen molar-refractivity contribution < 1.29 is 4.79 Å². The molecule has 1 N–H and O–H groups in total. The van der Waals surface area contributed by atoms with Gasteiger partial charge in [-0.3, -0.25) is 24.1 Å². The van der Waals surface area contributed by atoms with E-state index >= 15 is 0 Å². The van der Waals surface area contributed by atoms with E-state index in [-0.39, 0.29) is 17.9 Å². The summed E-state index contributed by atoms with van der Waals surface area (Å²) in [6.07, 6.45) is 4.71. The predicted octanol–water partition coefficient (Wildman–Crippen LogP) is 2.65. The van der Waals surface area contributed by atoms with Gasteiger partial charge in [0.15, 0.2) is 5.82 Å². The van der Waals surface area contributed by atoms with Gasteiger partial charge in [0.05, 0.1) is 38.8 Å². The zero-order valence-corrected chi connectivity index (χ0v) is 16.9. The molecule has 0 aliphatic rings. The standard InChI is InChI=1S/C20H18N6O2S/c1-11-18(29-12(2)23-11)19-25-17-14(20(28)26(19)3)5-4-6-15(17)24-16(27)9-13-10-21-7-8-22-13/h4-8,10H,9H2,1-3H3,(H,24,27). The van der Waals surface area contributed by atoms with Crippen LogP contribution in [0.15, 0.2) is 41.6 Å². The fourth-order valence-corrected chi connectivity index (χ4v) is 4.06. The highest BCUT2D eigenvalue weighted by Crippen LogP contribution is 2.29. The Morgan fingerprint density at radius 2 is 2.03 bits per heavy atom. The fourth-order valence-electron chi connectivity index (χ4n) is 3.12. The number of hydrogen-bond donors (Lipinski definition) is 1. The number of fused-ring (bicyclic) bond motifs is 1. The second kappa shape index (κ2) is 7.51. The molecule has 8 nitrogen and oxygen atoms in total. The fraction of sp³-hybridized carbons (Fsp3) is 0.200. The molecule has 146 valence electrons. The zero-order valence-electron chi connectivity index (χ0n) is 16.1. The highest BCUT2D eigenvalue weighted by atomic mass is 32.1. The lowest BCUT2D eigenvalue weighted by Gasteiger charge is -2.12. The van der Waals surface area contributed by atoms with Crippen LogP contribution in [0.1, 0.15) is 16.4 Å². The number of rotatable bonds is 4. The molecule has 0 fully saturated rings. The molecule has 1 aromatic carbocycles. The van der Waals surface area contributed by atoms with Gasteiger partial charge in [0.1, 0.15) is 5.52 Å².